The summed E-state index contributed by atoms with van der Waals surface area (Å²) < 4.78 is 1.84. The fourth-order valence-corrected chi connectivity index (χ4v) is 2.09. The first kappa shape index (κ1) is 13.0. The maximum absolute atomic E-state index is 4.37. The van der Waals surface area contributed by atoms with Gasteiger partial charge in [-0.15, -0.1) is 0 Å². The first-order valence-electron chi connectivity index (χ1n) is 6.54. The van der Waals surface area contributed by atoms with E-state index in [1.807, 2.05) is 11.4 Å². The van der Waals surface area contributed by atoms with E-state index in [9.17, 15) is 0 Å². The lowest BCUT2D eigenvalue weighted by Crippen LogP contribution is -2.32. The molecule has 2 unspecified atom stereocenters. The molecule has 2 heterocycles. The minimum atomic E-state index is 0.363. The van der Waals surface area contributed by atoms with Gasteiger partial charge in [-0.1, -0.05) is 13.8 Å². The molecule has 0 aliphatic rings. The largest absolute Gasteiger partial charge is 0.314 e. The average Bonchev–Trinajstić information content (AvgIpc) is 2.81. The van der Waals surface area contributed by atoms with Crippen molar-refractivity contribution in [3.8, 4) is 0 Å². The molecule has 2 rings (SSSR count). The Morgan fingerprint density at radius 2 is 2.17 bits per heavy atom. The summed E-state index contributed by atoms with van der Waals surface area (Å²) in [6, 6.07) is 2.50. The van der Waals surface area contributed by atoms with Crippen LogP contribution in [0.1, 0.15) is 44.5 Å². The highest BCUT2D eigenvalue weighted by atomic mass is 15.3. The summed E-state index contributed by atoms with van der Waals surface area (Å²) in [4.78, 5) is 8.53. The first-order chi connectivity index (χ1) is 8.63. The van der Waals surface area contributed by atoms with Crippen LogP contribution >= 0.6 is 0 Å². The fraction of sp³-hybridized carbons (Fsp3) is 0.615. The van der Waals surface area contributed by atoms with Crippen LogP contribution in [0.4, 0.5) is 0 Å². The molecule has 0 aliphatic carbocycles. The molecule has 0 radical (unpaired) electrons. The molecule has 18 heavy (non-hydrogen) atoms. The van der Waals surface area contributed by atoms with Crippen molar-refractivity contribution in [2.75, 3.05) is 6.54 Å². The number of aryl methyl sites for hydroxylation is 1. The van der Waals surface area contributed by atoms with Gasteiger partial charge >= 0.3 is 0 Å². The monoisotopic (exact) mass is 247 g/mol. The maximum atomic E-state index is 4.37. The van der Waals surface area contributed by atoms with Crippen LogP contribution in [0.5, 0.6) is 0 Å². The Morgan fingerprint density at radius 1 is 1.39 bits per heavy atom. The van der Waals surface area contributed by atoms with Gasteiger partial charge in [0.15, 0.2) is 0 Å². The normalized spacial score (nSPS) is 14.9. The van der Waals surface area contributed by atoms with Gasteiger partial charge in [-0.05, 0) is 32.9 Å². The van der Waals surface area contributed by atoms with Crippen molar-refractivity contribution in [1.29, 1.82) is 0 Å². The summed E-state index contributed by atoms with van der Waals surface area (Å²) in [7, 11) is 0. The number of fused-ring (bicyclic) bond motifs is 1. The zero-order valence-corrected chi connectivity index (χ0v) is 11.5. The van der Waals surface area contributed by atoms with E-state index in [1.165, 1.54) is 0 Å². The van der Waals surface area contributed by atoms with Crippen LogP contribution in [0.3, 0.4) is 0 Å². The number of aromatic nitrogens is 4. The second kappa shape index (κ2) is 5.44. The van der Waals surface area contributed by atoms with Crippen molar-refractivity contribution in [3.63, 3.8) is 0 Å². The van der Waals surface area contributed by atoms with Gasteiger partial charge in [0, 0.05) is 17.7 Å². The lowest BCUT2D eigenvalue weighted by atomic mass is 9.99. The second-order valence-corrected chi connectivity index (χ2v) is 4.83. The van der Waals surface area contributed by atoms with Crippen LogP contribution in [0.2, 0.25) is 0 Å². The van der Waals surface area contributed by atoms with Gasteiger partial charge in [0.2, 0.25) is 0 Å². The van der Waals surface area contributed by atoms with Gasteiger partial charge in [0.1, 0.15) is 6.33 Å². The molecule has 0 bridgehead atoms. The quantitative estimate of drug-likeness (QED) is 0.877. The van der Waals surface area contributed by atoms with E-state index in [0.717, 1.165) is 24.4 Å². The van der Waals surface area contributed by atoms with Crippen LogP contribution in [0.25, 0.3) is 5.78 Å². The molecule has 1 N–H and O–H groups in total. The summed E-state index contributed by atoms with van der Waals surface area (Å²) in [5.74, 6) is 1.04. The number of rotatable bonds is 5. The highest BCUT2D eigenvalue weighted by Crippen LogP contribution is 2.19. The van der Waals surface area contributed by atoms with Gasteiger partial charge in [-0.25, -0.2) is 9.50 Å². The topological polar surface area (TPSA) is 55.1 Å². The Hall–Kier alpha value is -1.49. The van der Waals surface area contributed by atoms with E-state index < -0.39 is 0 Å². The zero-order chi connectivity index (χ0) is 13.1. The van der Waals surface area contributed by atoms with E-state index in [2.05, 4.69) is 47.2 Å². The molecule has 0 fully saturated rings. The van der Waals surface area contributed by atoms with Crippen LogP contribution in [-0.2, 0) is 0 Å². The van der Waals surface area contributed by atoms with Gasteiger partial charge in [0.05, 0.1) is 5.69 Å². The maximum Gasteiger partial charge on any atom is 0.252 e. The molecule has 0 aliphatic heterocycles. The third-order valence-electron chi connectivity index (χ3n) is 3.34. The van der Waals surface area contributed by atoms with Gasteiger partial charge in [-0.3, -0.25) is 0 Å². The van der Waals surface area contributed by atoms with Crippen LogP contribution in [0.15, 0.2) is 12.4 Å². The molecule has 5 heteroatoms. The van der Waals surface area contributed by atoms with Crippen molar-refractivity contribution in [3.05, 3.63) is 23.8 Å². The SMILES string of the molecule is CCCNC(C)C(C)c1cc(C)nc2ncnn12. The smallest absolute Gasteiger partial charge is 0.252 e. The lowest BCUT2D eigenvalue weighted by molar-refractivity contribution is 0.468. The molecule has 2 aromatic rings. The molecule has 0 aromatic carbocycles. The van der Waals surface area contributed by atoms with Crippen LogP contribution in [-0.4, -0.2) is 32.2 Å². The summed E-state index contributed by atoms with van der Waals surface area (Å²) in [6.45, 7) is 9.63. The molecule has 0 amide bonds. The van der Waals surface area contributed by atoms with Crippen molar-refractivity contribution < 1.29 is 0 Å². The summed E-state index contributed by atoms with van der Waals surface area (Å²) in [5.41, 5.74) is 2.14. The lowest BCUT2D eigenvalue weighted by Gasteiger charge is -2.22. The predicted molar refractivity (Wildman–Crippen MR) is 71.7 cm³/mol. The Bertz CT molecular complexity index is 519. The van der Waals surface area contributed by atoms with Gasteiger partial charge < -0.3 is 5.32 Å². The predicted octanol–water partition coefficient (Wildman–Crippen LogP) is 1.92. The second-order valence-electron chi connectivity index (χ2n) is 4.83. The number of nitrogens with zero attached hydrogens (tertiary/aromatic N) is 4. The number of hydrogen-bond acceptors (Lipinski definition) is 4. The molecule has 5 nitrogen and oxygen atoms in total. The molecule has 0 saturated heterocycles. The average molecular weight is 247 g/mol. The van der Waals surface area contributed by atoms with Gasteiger partial charge in [-0.2, -0.15) is 10.1 Å². The minimum absolute atomic E-state index is 0.363. The molecule has 2 atom stereocenters. The Kier molecular flexibility index (Phi) is 3.91. The van der Waals surface area contributed by atoms with Crippen molar-refractivity contribution in [1.82, 2.24) is 24.9 Å². The van der Waals surface area contributed by atoms with E-state index in [4.69, 9.17) is 0 Å². The fourth-order valence-electron chi connectivity index (χ4n) is 2.09. The minimum Gasteiger partial charge on any atom is -0.314 e. The summed E-state index contributed by atoms with van der Waals surface area (Å²) in [5, 5.41) is 7.78. The molecule has 0 spiro atoms. The Labute approximate surface area is 108 Å². The molecular weight excluding hydrogens is 226 g/mol. The first-order valence-corrected chi connectivity index (χ1v) is 6.54. The van der Waals surface area contributed by atoms with Crippen LogP contribution in [0, 0.1) is 6.92 Å². The van der Waals surface area contributed by atoms with E-state index in [-0.39, 0.29) is 0 Å². The van der Waals surface area contributed by atoms with E-state index in [1.54, 1.807) is 6.33 Å². The molecule has 0 saturated carbocycles. The molecular formula is C13H21N5. The standard InChI is InChI=1S/C13H21N5/c1-5-6-14-11(4)10(3)12-7-9(2)17-13-15-8-16-18(12)13/h7-8,10-11,14H,5-6H2,1-4H3. The zero-order valence-electron chi connectivity index (χ0n) is 11.5. The van der Waals surface area contributed by atoms with E-state index >= 15 is 0 Å². The molecule has 98 valence electrons. The van der Waals surface area contributed by atoms with Gasteiger partial charge in [0.25, 0.3) is 5.78 Å². The third kappa shape index (κ3) is 2.51. The van der Waals surface area contributed by atoms with Crippen molar-refractivity contribution >= 4 is 5.78 Å². The highest BCUT2D eigenvalue weighted by molar-refractivity contribution is 5.31. The highest BCUT2D eigenvalue weighted by Gasteiger charge is 2.18. The summed E-state index contributed by atoms with van der Waals surface area (Å²) >= 11 is 0. The van der Waals surface area contributed by atoms with Crippen LogP contribution < -0.4 is 5.32 Å². The molecule has 2 aromatic heterocycles. The number of hydrogen-bond donors (Lipinski definition) is 1. The van der Waals surface area contributed by atoms with Crippen molar-refractivity contribution in [2.45, 2.75) is 46.1 Å². The Morgan fingerprint density at radius 3 is 2.89 bits per heavy atom. The number of nitrogens with one attached hydrogen (secondary N) is 1. The third-order valence-corrected chi connectivity index (χ3v) is 3.34. The van der Waals surface area contributed by atoms with E-state index in [0.29, 0.717) is 17.7 Å². The van der Waals surface area contributed by atoms with Crippen molar-refractivity contribution in [2.24, 2.45) is 0 Å². The Balaban J connectivity index is 2.31. The summed E-state index contributed by atoms with van der Waals surface area (Å²) in [6.07, 6.45) is 2.70.